The molecule has 64 valence electrons. The van der Waals surface area contributed by atoms with E-state index in [1.165, 1.54) is 13.1 Å². The Kier molecular flexibility index (Phi) is 1.99. The molecule has 0 saturated carbocycles. The molecule has 0 aromatic carbocycles. The molecule has 1 aromatic heterocycles. The highest BCUT2D eigenvalue weighted by molar-refractivity contribution is 6.00. The predicted octanol–water partition coefficient (Wildman–Crippen LogP) is 0.625. The van der Waals surface area contributed by atoms with Crippen molar-refractivity contribution < 1.29 is 9.59 Å². The summed E-state index contributed by atoms with van der Waals surface area (Å²) >= 11 is 0. The molecule has 0 bridgehead atoms. The van der Waals surface area contributed by atoms with E-state index in [9.17, 15) is 9.59 Å². The molecule has 0 fully saturated rings. The van der Waals surface area contributed by atoms with Gasteiger partial charge in [-0.2, -0.15) is 0 Å². The molecule has 0 aliphatic rings. The maximum absolute atomic E-state index is 10.9. The maximum Gasteiger partial charge on any atom is 0.265 e. The van der Waals surface area contributed by atoms with Crippen LogP contribution in [0.4, 0.5) is 0 Å². The number of hydrogen-bond acceptors (Lipinski definition) is 2. The number of H-pyrrole nitrogens is 1. The van der Waals surface area contributed by atoms with Crippen molar-refractivity contribution >= 4 is 11.7 Å². The van der Waals surface area contributed by atoms with Crippen LogP contribution in [0.5, 0.6) is 0 Å². The molecule has 1 aromatic rings. The molecule has 0 aliphatic heterocycles. The molecule has 1 heterocycles. The topological polar surface area (TPSA) is 75.9 Å². The standard InChI is InChI=1S/C8H10N2O2/c1-4-6(5(2)11)3-10-7(4)8(9)12/h3,10H,1-2H3,(H2,9,12). The van der Waals surface area contributed by atoms with Gasteiger partial charge in [0.05, 0.1) is 0 Å². The van der Waals surface area contributed by atoms with Gasteiger partial charge in [0, 0.05) is 11.8 Å². The summed E-state index contributed by atoms with van der Waals surface area (Å²) in [4.78, 5) is 24.3. The van der Waals surface area contributed by atoms with Gasteiger partial charge in [-0.25, -0.2) is 0 Å². The van der Waals surface area contributed by atoms with Gasteiger partial charge in [-0.3, -0.25) is 9.59 Å². The highest BCUT2D eigenvalue weighted by Gasteiger charge is 2.13. The van der Waals surface area contributed by atoms with Crippen LogP contribution in [0.15, 0.2) is 6.20 Å². The molecule has 1 amide bonds. The van der Waals surface area contributed by atoms with Crippen LogP contribution < -0.4 is 5.73 Å². The average molecular weight is 166 g/mol. The Morgan fingerprint density at radius 3 is 2.33 bits per heavy atom. The van der Waals surface area contributed by atoms with Gasteiger partial charge in [0.15, 0.2) is 5.78 Å². The minimum absolute atomic E-state index is 0.0729. The molecular formula is C8H10N2O2. The van der Waals surface area contributed by atoms with Gasteiger partial charge in [0.25, 0.3) is 5.91 Å². The zero-order valence-corrected chi connectivity index (χ0v) is 6.97. The number of carbonyl (C=O) groups excluding carboxylic acids is 2. The molecule has 3 N–H and O–H groups in total. The maximum atomic E-state index is 10.9. The molecule has 1 rings (SSSR count). The summed E-state index contributed by atoms with van der Waals surface area (Å²) in [5, 5.41) is 0. The predicted molar refractivity (Wildman–Crippen MR) is 44.1 cm³/mol. The fourth-order valence-electron chi connectivity index (χ4n) is 1.12. The number of aromatic amines is 1. The van der Waals surface area contributed by atoms with Crippen LogP contribution in [0.3, 0.4) is 0 Å². The van der Waals surface area contributed by atoms with E-state index in [1.54, 1.807) is 6.92 Å². The number of nitrogens with one attached hydrogen (secondary N) is 1. The summed E-state index contributed by atoms with van der Waals surface area (Å²) in [6, 6.07) is 0. The SMILES string of the molecule is CC(=O)c1c[nH]c(C(N)=O)c1C. The number of primary amides is 1. The van der Waals surface area contributed by atoms with Crippen LogP contribution in [0.25, 0.3) is 0 Å². The summed E-state index contributed by atoms with van der Waals surface area (Å²) < 4.78 is 0. The van der Waals surface area contributed by atoms with Crippen molar-refractivity contribution in [2.24, 2.45) is 5.73 Å². The molecule has 12 heavy (non-hydrogen) atoms. The van der Waals surface area contributed by atoms with E-state index in [0.29, 0.717) is 16.8 Å². The molecule has 0 atom stereocenters. The lowest BCUT2D eigenvalue weighted by molar-refractivity contribution is 0.0994. The Balaban J connectivity index is 3.22. The van der Waals surface area contributed by atoms with Crippen LogP contribution in [-0.4, -0.2) is 16.7 Å². The number of hydrogen-bond donors (Lipinski definition) is 2. The van der Waals surface area contributed by atoms with Gasteiger partial charge >= 0.3 is 0 Å². The molecule has 0 aliphatic carbocycles. The van der Waals surface area contributed by atoms with E-state index in [-0.39, 0.29) is 5.78 Å². The third-order valence-corrected chi connectivity index (χ3v) is 1.77. The van der Waals surface area contributed by atoms with E-state index in [4.69, 9.17) is 5.73 Å². The first-order valence-electron chi connectivity index (χ1n) is 3.52. The highest BCUT2D eigenvalue weighted by atomic mass is 16.1. The Labute approximate surface area is 69.8 Å². The van der Waals surface area contributed by atoms with Crippen LogP contribution in [0.1, 0.15) is 33.3 Å². The number of carbonyl (C=O) groups is 2. The lowest BCUT2D eigenvalue weighted by atomic mass is 10.1. The third-order valence-electron chi connectivity index (χ3n) is 1.77. The van der Waals surface area contributed by atoms with Gasteiger partial charge in [0.1, 0.15) is 5.69 Å². The van der Waals surface area contributed by atoms with Crippen molar-refractivity contribution in [1.82, 2.24) is 4.98 Å². The summed E-state index contributed by atoms with van der Waals surface area (Å²) in [5.41, 5.74) is 6.49. The third kappa shape index (κ3) is 1.23. The smallest absolute Gasteiger partial charge is 0.265 e. The van der Waals surface area contributed by atoms with E-state index >= 15 is 0 Å². The van der Waals surface area contributed by atoms with E-state index in [2.05, 4.69) is 4.98 Å². The monoisotopic (exact) mass is 166 g/mol. The van der Waals surface area contributed by atoms with Gasteiger partial charge in [-0.1, -0.05) is 0 Å². The second-order valence-electron chi connectivity index (χ2n) is 2.62. The number of nitrogens with two attached hydrogens (primary N) is 1. The minimum atomic E-state index is -0.542. The Morgan fingerprint density at radius 1 is 1.50 bits per heavy atom. The average Bonchev–Trinajstić information content (AvgIpc) is 2.30. The van der Waals surface area contributed by atoms with E-state index in [1.807, 2.05) is 0 Å². The lowest BCUT2D eigenvalue weighted by Crippen LogP contribution is -2.12. The van der Waals surface area contributed by atoms with Crippen molar-refractivity contribution in [2.45, 2.75) is 13.8 Å². The molecule has 0 spiro atoms. The second kappa shape index (κ2) is 2.81. The summed E-state index contributed by atoms with van der Waals surface area (Å²) in [6.45, 7) is 3.13. The van der Waals surface area contributed by atoms with Crippen LogP contribution in [-0.2, 0) is 0 Å². The molecule has 4 nitrogen and oxygen atoms in total. The van der Waals surface area contributed by atoms with Crippen molar-refractivity contribution in [2.75, 3.05) is 0 Å². The van der Waals surface area contributed by atoms with Crippen molar-refractivity contribution in [3.63, 3.8) is 0 Å². The molecule has 0 saturated heterocycles. The molecule has 0 unspecified atom stereocenters. The Hall–Kier alpha value is -1.58. The zero-order valence-electron chi connectivity index (χ0n) is 6.97. The van der Waals surface area contributed by atoms with Crippen LogP contribution >= 0.6 is 0 Å². The van der Waals surface area contributed by atoms with E-state index < -0.39 is 5.91 Å². The van der Waals surface area contributed by atoms with Crippen molar-refractivity contribution in [1.29, 1.82) is 0 Å². The fourth-order valence-corrected chi connectivity index (χ4v) is 1.12. The zero-order chi connectivity index (χ0) is 9.30. The second-order valence-corrected chi connectivity index (χ2v) is 2.62. The molecular weight excluding hydrogens is 156 g/mol. The summed E-state index contributed by atoms with van der Waals surface area (Å²) in [6.07, 6.45) is 1.50. The van der Waals surface area contributed by atoms with Crippen molar-refractivity contribution in [3.05, 3.63) is 23.0 Å². The number of amides is 1. The van der Waals surface area contributed by atoms with Gasteiger partial charge in [-0.15, -0.1) is 0 Å². The van der Waals surface area contributed by atoms with Gasteiger partial charge in [-0.05, 0) is 19.4 Å². The number of Topliss-reactive ketones (excluding diaryl/α,β-unsaturated/α-hetero) is 1. The fraction of sp³-hybridized carbons (Fsp3) is 0.250. The number of aromatic nitrogens is 1. The van der Waals surface area contributed by atoms with Gasteiger partial charge < -0.3 is 10.7 Å². The van der Waals surface area contributed by atoms with Crippen LogP contribution in [0, 0.1) is 6.92 Å². The van der Waals surface area contributed by atoms with Gasteiger partial charge in [0.2, 0.25) is 0 Å². The Bertz CT molecular complexity index is 307. The first kappa shape index (κ1) is 8.52. The highest BCUT2D eigenvalue weighted by Crippen LogP contribution is 2.12. The first-order chi connectivity index (χ1) is 5.54. The summed E-state index contributed by atoms with van der Waals surface area (Å²) in [5.74, 6) is -0.615. The summed E-state index contributed by atoms with van der Waals surface area (Å²) in [7, 11) is 0. The normalized spacial score (nSPS) is 9.83. The van der Waals surface area contributed by atoms with E-state index in [0.717, 1.165) is 0 Å². The molecule has 4 heteroatoms. The quantitative estimate of drug-likeness (QED) is 0.632. The van der Waals surface area contributed by atoms with Crippen LogP contribution in [0.2, 0.25) is 0 Å². The minimum Gasteiger partial charge on any atom is -0.364 e. The largest absolute Gasteiger partial charge is 0.364 e. The first-order valence-corrected chi connectivity index (χ1v) is 3.52. The lowest BCUT2D eigenvalue weighted by Gasteiger charge is -1.93. The van der Waals surface area contributed by atoms with Crippen molar-refractivity contribution in [3.8, 4) is 0 Å². The molecule has 0 radical (unpaired) electrons. The Morgan fingerprint density at radius 2 is 2.08 bits per heavy atom. The number of rotatable bonds is 2. The number of ketones is 1.